The fraction of sp³-hybridized carbons (Fsp3) is 0.125. The maximum absolute atomic E-state index is 5.90. The summed E-state index contributed by atoms with van der Waals surface area (Å²) < 4.78 is 11.2. The highest BCUT2D eigenvalue weighted by molar-refractivity contribution is 7.99. The van der Waals surface area contributed by atoms with Crippen molar-refractivity contribution in [3.8, 4) is 17.2 Å². The molecule has 22 heavy (non-hydrogen) atoms. The molecular weight excluding hydrogens is 320 g/mol. The summed E-state index contributed by atoms with van der Waals surface area (Å²) in [6.45, 7) is 0.536. The lowest BCUT2D eigenvalue weighted by molar-refractivity contribution is 0.343. The van der Waals surface area contributed by atoms with Gasteiger partial charge in [-0.25, -0.2) is 0 Å². The van der Waals surface area contributed by atoms with Crippen molar-refractivity contribution in [1.29, 1.82) is 0 Å². The van der Waals surface area contributed by atoms with E-state index >= 15 is 0 Å². The van der Waals surface area contributed by atoms with Crippen molar-refractivity contribution in [3.05, 3.63) is 59.6 Å². The van der Waals surface area contributed by atoms with Gasteiger partial charge in [0.2, 0.25) is 5.89 Å². The van der Waals surface area contributed by atoms with Crippen molar-refractivity contribution >= 4 is 23.4 Å². The summed E-state index contributed by atoms with van der Waals surface area (Å²) >= 11 is 7.36. The molecule has 3 rings (SSSR count). The smallest absolute Gasteiger partial charge is 0.276 e. The number of thioether (sulfide) groups is 1. The number of halogens is 1. The largest absolute Gasteiger partial charge is 0.493 e. The molecule has 1 heterocycles. The lowest BCUT2D eigenvalue weighted by Crippen LogP contribution is -1.99. The molecule has 112 valence electrons. The second-order valence-corrected chi connectivity index (χ2v) is 5.88. The van der Waals surface area contributed by atoms with Gasteiger partial charge >= 0.3 is 0 Å². The Hall–Kier alpha value is -1.98. The minimum atomic E-state index is 0.527. The van der Waals surface area contributed by atoms with Crippen LogP contribution in [0.4, 0.5) is 0 Å². The van der Waals surface area contributed by atoms with Crippen molar-refractivity contribution in [3.63, 3.8) is 0 Å². The minimum Gasteiger partial charge on any atom is -0.493 e. The summed E-state index contributed by atoms with van der Waals surface area (Å²) in [6.07, 6.45) is 0. The first-order chi connectivity index (χ1) is 10.8. The number of hydrogen-bond donors (Lipinski definition) is 0. The zero-order valence-electron chi connectivity index (χ0n) is 11.6. The van der Waals surface area contributed by atoms with E-state index in [4.69, 9.17) is 20.8 Å². The van der Waals surface area contributed by atoms with Crippen molar-refractivity contribution in [2.75, 3.05) is 12.4 Å². The van der Waals surface area contributed by atoms with E-state index in [1.165, 1.54) is 11.8 Å². The molecule has 0 fully saturated rings. The van der Waals surface area contributed by atoms with Crippen molar-refractivity contribution in [1.82, 2.24) is 10.2 Å². The lowest BCUT2D eigenvalue weighted by Gasteiger charge is -2.04. The monoisotopic (exact) mass is 332 g/mol. The number of rotatable bonds is 6. The summed E-state index contributed by atoms with van der Waals surface area (Å²) in [5.41, 5.74) is 0.914. The Morgan fingerprint density at radius 3 is 2.73 bits per heavy atom. The summed E-state index contributed by atoms with van der Waals surface area (Å²) in [6, 6.07) is 17.0. The molecule has 0 saturated carbocycles. The van der Waals surface area contributed by atoms with Crippen LogP contribution >= 0.6 is 23.4 Å². The Balaban J connectivity index is 1.49. The SMILES string of the molecule is Clc1cccc(OCCSc2nnc(-c3ccccc3)o2)c1. The van der Waals surface area contributed by atoms with Gasteiger partial charge < -0.3 is 9.15 Å². The van der Waals surface area contributed by atoms with Gasteiger partial charge in [0.1, 0.15) is 5.75 Å². The topological polar surface area (TPSA) is 48.2 Å². The highest BCUT2D eigenvalue weighted by atomic mass is 35.5. The van der Waals surface area contributed by atoms with Crippen LogP contribution in [0.25, 0.3) is 11.5 Å². The second-order valence-electron chi connectivity index (χ2n) is 4.39. The van der Waals surface area contributed by atoms with Gasteiger partial charge in [-0.3, -0.25) is 0 Å². The van der Waals surface area contributed by atoms with E-state index in [1.54, 1.807) is 6.07 Å². The van der Waals surface area contributed by atoms with E-state index in [0.29, 0.717) is 28.5 Å². The normalized spacial score (nSPS) is 10.6. The van der Waals surface area contributed by atoms with Crippen molar-refractivity contribution in [2.24, 2.45) is 0 Å². The zero-order valence-corrected chi connectivity index (χ0v) is 13.2. The van der Waals surface area contributed by atoms with E-state index in [1.807, 2.05) is 48.5 Å². The maximum atomic E-state index is 5.90. The van der Waals surface area contributed by atoms with Crippen molar-refractivity contribution in [2.45, 2.75) is 5.22 Å². The number of ether oxygens (including phenoxy) is 1. The first-order valence-electron chi connectivity index (χ1n) is 6.71. The molecule has 0 aliphatic rings. The summed E-state index contributed by atoms with van der Waals surface area (Å²) in [4.78, 5) is 0. The summed E-state index contributed by atoms with van der Waals surface area (Å²) in [7, 11) is 0. The Bertz CT molecular complexity index is 734. The van der Waals surface area contributed by atoms with Gasteiger partial charge in [0.15, 0.2) is 0 Å². The van der Waals surface area contributed by atoms with Crippen LogP contribution in [-0.4, -0.2) is 22.6 Å². The molecule has 6 heteroatoms. The first-order valence-corrected chi connectivity index (χ1v) is 8.08. The third-order valence-corrected chi connectivity index (χ3v) is 3.82. The summed E-state index contributed by atoms with van der Waals surface area (Å²) in [5, 5.41) is 9.26. The molecule has 1 aromatic heterocycles. The molecule has 0 N–H and O–H groups in total. The van der Waals surface area contributed by atoms with Crippen LogP contribution in [0, 0.1) is 0 Å². The van der Waals surface area contributed by atoms with Gasteiger partial charge in [-0.15, -0.1) is 10.2 Å². The van der Waals surface area contributed by atoms with E-state index in [-0.39, 0.29) is 0 Å². The molecule has 0 saturated heterocycles. The predicted molar refractivity (Wildman–Crippen MR) is 87.4 cm³/mol. The minimum absolute atomic E-state index is 0.527. The molecule has 4 nitrogen and oxygen atoms in total. The lowest BCUT2D eigenvalue weighted by atomic mass is 10.2. The van der Waals surface area contributed by atoms with Gasteiger partial charge in [-0.1, -0.05) is 47.6 Å². The Morgan fingerprint density at radius 1 is 1.05 bits per heavy atom. The molecule has 0 amide bonds. The number of hydrogen-bond acceptors (Lipinski definition) is 5. The molecule has 0 bridgehead atoms. The molecule has 0 atom stereocenters. The van der Waals surface area contributed by atoms with Gasteiger partial charge in [0.05, 0.1) is 6.61 Å². The first kappa shape index (κ1) is 14.9. The van der Waals surface area contributed by atoms with Crippen LogP contribution in [0.2, 0.25) is 5.02 Å². The highest BCUT2D eigenvalue weighted by Crippen LogP contribution is 2.23. The Morgan fingerprint density at radius 2 is 1.91 bits per heavy atom. The average molecular weight is 333 g/mol. The maximum Gasteiger partial charge on any atom is 0.276 e. The Kier molecular flexibility index (Phi) is 4.98. The molecule has 0 aliphatic heterocycles. The fourth-order valence-corrected chi connectivity index (χ4v) is 2.57. The van der Waals surface area contributed by atoms with Gasteiger partial charge in [0.25, 0.3) is 5.22 Å². The van der Waals surface area contributed by atoms with Crippen molar-refractivity contribution < 1.29 is 9.15 Å². The number of benzene rings is 2. The van der Waals surface area contributed by atoms with Crippen LogP contribution < -0.4 is 4.74 Å². The molecule has 0 radical (unpaired) electrons. The Labute approximate surface area is 137 Å². The molecular formula is C16H13ClN2O2S. The molecule has 0 aliphatic carbocycles. The van der Waals surface area contributed by atoms with Gasteiger partial charge in [-0.2, -0.15) is 0 Å². The van der Waals surface area contributed by atoms with E-state index < -0.39 is 0 Å². The highest BCUT2D eigenvalue weighted by Gasteiger charge is 2.08. The van der Waals surface area contributed by atoms with Gasteiger partial charge in [0, 0.05) is 16.3 Å². The zero-order chi connectivity index (χ0) is 15.2. The van der Waals surface area contributed by atoms with Crippen LogP contribution in [0.3, 0.4) is 0 Å². The molecule has 0 spiro atoms. The predicted octanol–water partition coefficient (Wildman–Crippen LogP) is 4.56. The van der Waals surface area contributed by atoms with Crippen LogP contribution in [0.15, 0.2) is 64.2 Å². The fourth-order valence-electron chi connectivity index (χ4n) is 1.81. The molecule has 0 unspecified atom stereocenters. The van der Waals surface area contributed by atoms with Crippen LogP contribution in [-0.2, 0) is 0 Å². The van der Waals surface area contributed by atoms with Crippen LogP contribution in [0.5, 0.6) is 5.75 Å². The van der Waals surface area contributed by atoms with E-state index in [2.05, 4.69) is 10.2 Å². The average Bonchev–Trinajstić information content (AvgIpc) is 3.01. The van der Waals surface area contributed by atoms with Gasteiger partial charge in [-0.05, 0) is 30.3 Å². The van der Waals surface area contributed by atoms with Crippen LogP contribution in [0.1, 0.15) is 0 Å². The van der Waals surface area contributed by atoms with E-state index in [0.717, 1.165) is 11.3 Å². The quantitative estimate of drug-likeness (QED) is 0.489. The number of nitrogens with zero attached hydrogens (tertiary/aromatic N) is 2. The third kappa shape index (κ3) is 4.02. The second kappa shape index (κ2) is 7.33. The number of aromatic nitrogens is 2. The third-order valence-electron chi connectivity index (χ3n) is 2.80. The summed E-state index contributed by atoms with van der Waals surface area (Å²) in [5.74, 6) is 1.99. The van der Waals surface area contributed by atoms with E-state index in [9.17, 15) is 0 Å². The molecule has 3 aromatic rings. The standard InChI is InChI=1S/C16H13ClN2O2S/c17-13-7-4-8-14(11-13)20-9-10-22-16-19-18-15(21-16)12-5-2-1-3-6-12/h1-8,11H,9-10H2. The molecule has 2 aromatic carbocycles.